The molecule has 0 aromatic heterocycles. The topological polar surface area (TPSA) is 17.1 Å². The monoisotopic (exact) mass is 150 g/mol. The van der Waals surface area contributed by atoms with E-state index in [-0.39, 0.29) is 5.92 Å². The van der Waals surface area contributed by atoms with Gasteiger partial charge in [-0.1, -0.05) is 12.8 Å². The largest absolute Gasteiger partial charge is 0.298 e. The molecule has 0 aliphatic heterocycles. The summed E-state index contributed by atoms with van der Waals surface area (Å²) in [4.78, 5) is 11.1. The molecule has 1 unspecified atom stereocenters. The normalized spacial score (nSPS) is 23.0. The van der Waals surface area contributed by atoms with E-state index in [2.05, 4.69) is 18.8 Å². The SMILES string of the molecule is CCCC#CC1CCCC1=O. The number of unbranched alkanes of at least 4 members (excludes halogenated alkanes) is 1. The number of carbonyl (C=O) groups excluding carboxylic acids is 1. The predicted molar refractivity (Wildman–Crippen MR) is 45.0 cm³/mol. The number of carbonyl (C=O) groups is 1. The summed E-state index contributed by atoms with van der Waals surface area (Å²) < 4.78 is 0. The molecule has 0 heterocycles. The third kappa shape index (κ3) is 2.38. The number of hydrogen-bond acceptors (Lipinski definition) is 1. The highest BCUT2D eigenvalue weighted by Gasteiger charge is 2.21. The van der Waals surface area contributed by atoms with Gasteiger partial charge in [-0.2, -0.15) is 0 Å². The van der Waals surface area contributed by atoms with E-state index in [4.69, 9.17) is 0 Å². The Kier molecular flexibility index (Phi) is 3.16. The molecule has 1 aliphatic carbocycles. The lowest BCUT2D eigenvalue weighted by Gasteiger charge is -1.93. The maximum Gasteiger partial charge on any atom is 0.147 e. The lowest BCUT2D eigenvalue weighted by atomic mass is 10.1. The summed E-state index contributed by atoms with van der Waals surface area (Å²) in [5.74, 6) is 6.51. The van der Waals surface area contributed by atoms with Crippen molar-refractivity contribution < 1.29 is 4.79 Å². The van der Waals surface area contributed by atoms with Gasteiger partial charge >= 0.3 is 0 Å². The van der Waals surface area contributed by atoms with Gasteiger partial charge in [0.25, 0.3) is 0 Å². The van der Waals surface area contributed by atoms with E-state index in [0.717, 1.165) is 32.1 Å². The molecule has 0 amide bonds. The lowest BCUT2D eigenvalue weighted by Crippen LogP contribution is -2.02. The van der Waals surface area contributed by atoms with Gasteiger partial charge in [-0.15, -0.1) is 5.92 Å². The quantitative estimate of drug-likeness (QED) is 0.523. The summed E-state index contributed by atoms with van der Waals surface area (Å²) in [5.41, 5.74) is 0. The Morgan fingerprint density at radius 3 is 3.00 bits per heavy atom. The van der Waals surface area contributed by atoms with Crippen LogP contribution in [0, 0.1) is 17.8 Å². The first-order valence-corrected chi connectivity index (χ1v) is 4.35. The first-order valence-electron chi connectivity index (χ1n) is 4.35. The molecule has 60 valence electrons. The van der Waals surface area contributed by atoms with Crippen LogP contribution in [0.5, 0.6) is 0 Å². The van der Waals surface area contributed by atoms with Crippen molar-refractivity contribution in [2.45, 2.75) is 39.0 Å². The minimum atomic E-state index is 0.0848. The molecule has 1 aliphatic rings. The second kappa shape index (κ2) is 4.18. The van der Waals surface area contributed by atoms with Crippen molar-refractivity contribution in [1.82, 2.24) is 0 Å². The summed E-state index contributed by atoms with van der Waals surface area (Å²) >= 11 is 0. The van der Waals surface area contributed by atoms with Gasteiger partial charge in [-0.3, -0.25) is 4.79 Å². The molecule has 0 aromatic rings. The molecule has 1 heteroatoms. The van der Waals surface area contributed by atoms with Crippen molar-refractivity contribution >= 4 is 5.78 Å². The maximum absolute atomic E-state index is 11.1. The van der Waals surface area contributed by atoms with Crippen LogP contribution in [0.2, 0.25) is 0 Å². The number of ketones is 1. The van der Waals surface area contributed by atoms with Gasteiger partial charge in [0, 0.05) is 12.8 Å². The summed E-state index contributed by atoms with van der Waals surface area (Å²) in [6.45, 7) is 2.10. The molecule has 0 aromatic carbocycles. The Morgan fingerprint density at radius 2 is 2.45 bits per heavy atom. The summed E-state index contributed by atoms with van der Waals surface area (Å²) in [6, 6.07) is 0. The fraction of sp³-hybridized carbons (Fsp3) is 0.700. The Morgan fingerprint density at radius 1 is 1.64 bits per heavy atom. The predicted octanol–water partition coefficient (Wildman–Crippen LogP) is 2.16. The van der Waals surface area contributed by atoms with Gasteiger partial charge in [0.05, 0.1) is 5.92 Å². The Balaban J connectivity index is 2.37. The highest BCUT2D eigenvalue weighted by atomic mass is 16.1. The highest BCUT2D eigenvalue weighted by Crippen LogP contribution is 2.19. The van der Waals surface area contributed by atoms with Crippen molar-refractivity contribution in [2.75, 3.05) is 0 Å². The number of rotatable bonds is 1. The maximum atomic E-state index is 11.1. The zero-order chi connectivity index (χ0) is 8.10. The van der Waals surface area contributed by atoms with Crippen LogP contribution >= 0.6 is 0 Å². The third-order valence-corrected chi connectivity index (χ3v) is 1.96. The molecular weight excluding hydrogens is 136 g/mol. The fourth-order valence-corrected chi connectivity index (χ4v) is 1.29. The number of Topliss-reactive ketones (excluding diaryl/α,β-unsaturated/α-hetero) is 1. The molecule has 1 atom stereocenters. The minimum absolute atomic E-state index is 0.0848. The van der Waals surface area contributed by atoms with E-state index < -0.39 is 0 Å². The molecule has 1 rings (SSSR count). The molecule has 1 fully saturated rings. The Labute approximate surface area is 68.2 Å². The second-order valence-corrected chi connectivity index (χ2v) is 2.98. The van der Waals surface area contributed by atoms with Crippen molar-refractivity contribution in [2.24, 2.45) is 5.92 Å². The van der Waals surface area contributed by atoms with Gasteiger partial charge < -0.3 is 0 Å². The van der Waals surface area contributed by atoms with Crippen molar-refractivity contribution in [3.63, 3.8) is 0 Å². The first kappa shape index (κ1) is 8.33. The van der Waals surface area contributed by atoms with Crippen LogP contribution in [0.3, 0.4) is 0 Å². The van der Waals surface area contributed by atoms with Crippen LogP contribution in [0.25, 0.3) is 0 Å². The third-order valence-electron chi connectivity index (χ3n) is 1.96. The molecular formula is C10H14O. The van der Waals surface area contributed by atoms with Crippen LogP contribution in [0.15, 0.2) is 0 Å². The van der Waals surface area contributed by atoms with Crippen molar-refractivity contribution in [1.29, 1.82) is 0 Å². The van der Waals surface area contributed by atoms with Crippen LogP contribution < -0.4 is 0 Å². The van der Waals surface area contributed by atoms with E-state index in [0.29, 0.717) is 5.78 Å². The van der Waals surface area contributed by atoms with Gasteiger partial charge in [0.2, 0.25) is 0 Å². The minimum Gasteiger partial charge on any atom is -0.298 e. The van der Waals surface area contributed by atoms with Crippen molar-refractivity contribution in [3.05, 3.63) is 0 Å². The number of hydrogen-bond donors (Lipinski definition) is 0. The molecule has 1 saturated carbocycles. The van der Waals surface area contributed by atoms with Gasteiger partial charge in [-0.25, -0.2) is 0 Å². The van der Waals surface area contributed by atoms with E-state index in [9.17, 15) is 4.79 Å². The molecule has 0 N–H and O–H groups in total. The first-order chi connectivity index (χ1) is 5.34. The molecule has 0 radical (unpaired) electrons. The van der Waals surface area contributed by atoms with Crippen LogP contribution in [-0.2, 0) is 4.79 Å². The zero-order valence-electron chi connectivity index (χ0n) is 7.02. The smallest absolute Gasteiger partial charge is 0.147 e. The zero-order valence-corrected chi connectivity index (χ0v) is 7.02. The van der Waals surface area contributed by atoms with Gasteiger partial charge in [0.15, 0.2) is 0 Å². The van der Waals surface area contributed by atoms with Crippen LogP contribution in [0.1, 0.15) is 39.0 Å². The van der Waals surface area contributed by atoms with Gasteiger partial charge in [0.1, 0.15) is 5.78 Å². The van der Waals surface area contributed by atoms with E-state index >= 15 is 0 Å². The molecule has 0 saturated heterocycles. The van der Waals surface area contributed by atoms with Crippen LogP contribution in [-0.4, -0.2) is 5.78 Å². The van der Waals surface area contributed by atoms with Crippen molar-refractivity contribution in [3.8, 4) is 11.8 Å². The second-order valence-electron chi connectivity index (χ2n) is 2.98. The van der Waals surface area contributed by atoms with E-state index in [1.54, 1.807) is 0 Å². The Hall–Kier alpha value is -0.770. The van der Waals surface area contributed by atoms with Crippen LogP contribution in [0.4, 0.5) is 0 Å². The average Bonchev–Trinajstić information content (AvgIpc) is 2.37. The highest BCUT2D eigenvalue weighted by molar-refractivity contribution is 5.85. The Bertz CT molecular complexity index is 195. The summed E-state index contributed by atoms with van der Waals surface area (Å²) in [7, 11) is 0. The average molecular weight is 150 g/mol. The van der Waals surface area contributed by atoms with Gasteiger partial charge in [-0.05, 0) is 19.3 Å². The van der Waals surface area contributed by atoms with E-state index in [1.165, 1.54) is 0 Å². The fourth-order valence-electron chi connectivity index (χ4n) is 1.29. The van der Waals surface area contributed by atoms with E-state index in [1.807, 2.05) is 0 Å². The summed E-state index contributed by atoms with van der Waals surface area (Å²) in [6.07, 6.45) is 4.82. The molecule has 0 bridgehead atoms. The molecule has 11 heavy (non-hydrogen) atoms. The lowest BCUT2D eigenvalue weighted by molar-refractivity contribution is -0.119. The summed E-state index contributed by atoms with van der Waals surface area (Å²) in [5, 5.41) is 0. The molecule has 0 spiro atoms. The standard InChI is InChI=1S/C10H14O/c1-2-3-4-6-9-7-5-8-10(9)11/h9H,2-3,5,7-8H2,1H3. The molecule has 1 nitrogen and oxygen atoms in total.